The average molecular weight is 302 g/mol. The van der Waals surface area contributed by atoms with E-state index in [9.17, 15) is 0 Å². The molecule has 0 bridgehead atoms. The minimum Gasteiger partial charge on any atom is -0.468 e. The maximum atomic E-state index is 5.43. The number of aromatic nitrogens is 2. The number of nitrogens with one attached hydrogen (secondary N) is 1. The lowest BCUT2D eigenvalue weighted by molar-refractivity contribution is 0.176. The van der Waals surface area contributed by atoms with E-state index in [-0.39, 0.29) is 0 Å². The summed E-state index contributed by atoms with van der Waals surface area (Å²) >= 11 is 0. The molecule has 3 heterocycles. The van der Waals surface area contributed by atoms with Gasteiger partial charge in [-0.1, -0.05) is 0 Å². The number of piperidine rings is 1. The van der Waals surface area contributed by atoms with Crippen molar-refractivity contribution in [2.45, 2.75) is 45.3 Å². The van der Waals surface area contributed by atoms with Gasteiger partial charge in [-0.2, -0.15) is 5.10 Å². The molecule has 5 nitrogen and oxygen atoms in total. The first-order valence-electron chi connectivity index (χ1n) is 8.19. The van der Waals surface area contributed by atoms with Gasteiger partial charge in [-0.15, -0.1) is 0 Å². The Hall–Kier alpha value is -1.59. The first-order valence-corrected chi connectivity index (χ1v) is 8.19. The molecule has 0 saturated carbocycles. The van der Waals surface area contributed by atoms with Crippen LogP contribution in [0.5, 0.6) is 0 Å². The second-order valence-corrected chi connectivity index (χ2v) is 6.38. The van der Waals surface area contributed by atoms with Crippen LogP contribution < -0.4 is 5.32 Å². The summed E-state index contributed by atoms with van der Waals surface area (Å²) in [5, 5.41) is 8.09. The molecule has 0 radical (unpaired) electrons. The molecule has 3 rings (SSSR count). The van der Waals surface area contributed by atoms with Crippen molar-refractivity contribution < 1.29 is 4.42 Å². The fraction of sp³-hybridized carbons (Fsp3) is 0.588. The Morgan fingerprint density at radius 3 is 2.86 bits per heavy atom. The Kier molecular flexibility index (Phi) is 4.95. The highest BCUT2D eigenvalue weighted by molar-refractivity contribution is 5.00. The third kappa shape index (κ3) is 3.99. The van der Waals surface area contributed by atoms with E-state index < -0.39 is 0 Å². The molecule has 1 aliphatic rings. The van der Waals surface area contributed by atoms with E-state index in [0.717, 1.165) is 31.9 Å². The molecule has 0 aromatic carbocycles. The van der Waals surface area contributed by atoms with Crippen LogP contribution in [0.15, 0.2) is 35.2 Å². The highest BCUT2D eigenvalue weighted by atomic mass is 16.3. The lowest BCUT2D eigenvalue weighted by Gasteiger charge is -2.32. The molecule has 120 valence electrons. The van der Waals surface area contributed by atoms with Crippen LogP contribution >= 0.6 is 0 Å². The summed E-state index contributed by atoms with van der Waals surface area (Å²) in [6.45, 7) is 8.47. The summed E-state index contributed by atoms with van der Waals surface area (Å²) in [4.78, 5) is 2.47. The molecule has 0 spiro atoms. The molecule has 1 aliphatic heterocycles. The molecule has 2 aromatic rings. The van der Waals surface area contributed by atoms with Crippen LogP contribution in [0.25, 0.3) is 0 Å². The maximum absolute atomic E-state index is 5.43. The maximum Gasteiger partial charge on any atom is 0.117 e. The molecular formula is C17H26N4O. The van der Waals surface area contributed by atoms with Crippen LogP contribution in [0.2, 0.25) is 0 Å². The second kappa shape index (κ2) is 7.11. The Bertz CT molecular complexity index is 555. The predicted molar refractivity (Wildman–Crippen MR) is 86.7 cm³/mol. The fourth-order valence-electron chi connectivity index (χ4n) is 3.02. The van der Waals surface area contributed by atoms with Crippen LogP contribution in [0.1, 0.15) is 37.1 Å². The van der Waals surface area contributed by atoms with Crippen molar-refractivity contribution in [1.82, 2.24) is 20.0 Å². The number of likely N-dealkylation sites (tertiary alicyclic amines) is 1. The monoisotopic (exact) mass is 302 g/mol. The largest absolute Gasteiger partial charge is 0.468 e. The second-order valence-electron chi connectivity index (χ2n) is 6.38. The first kappa shape index (κ1) is 15.3. The summed E-state index contributed by atoms with van der Waals surface area (Å²) in [6, 6.07) is 5.03. The van der Waals surface area contributed by atoms with Crippen LogP contribution in [-0.2, 0) is 6.54 Å². The van der Waals surface area contributed by atoms with Crippen LogP contribution in [-0.4, -0.2) is 40.4 Å². The summed E-state index contributed by atoms with van der Waals surface area (Å²) in [5.74, 6) is 1.06. The van der Waals surface area contributed by atoms with Crippen molar-refractivity contribution >= 4 is 0 Å². The van der Waals surface area contributed by atoms with Gasteiger partial charge in [0.15, 0.2) is 0 Å². The Balaban J connectivity index is 1.38. The molecule has 22 heavy (non-hydrogen) atoms. The normalized spacial score (nSPS) is 18.6. The number of nitrogens with zero attached hydrogens (tertiary/aromatic N) is 3. The number of hydrogen-bond donors (Lipinski definition) is 1. The molecular weight excluding hydrogens is 276 g/mol. The van der Waals surface area contributed by atoms with E-state index in [0.29, 0.717) is 12.1 Å². The molecule has 0 aliphatic carbocycles. The topological polar surface area (TPSA) is 46.2 Å². The van der Waals surface area contributed by atoms with Gasteiger partial charge < -0.3 is 9.73 Å². The Labute approximate surface area is 132 Å². The van der Waals surface area contributed by atoms with Crippen molar-refractivity contribution in [2.24, 2.45) is 0 Å². The van der Waals surface area contributed by atoms with Gasteiger partial charge in [0.05, 0.1) is 25.0 Å². The van der Waals surface area contributed by atoms with Crippen molar-refractivity contribution in [3.05, 3.63) is 42.1 Å². The fourth-order valence-corrected chi connectivity index (χ4v) is 3.02. The third-order valence-corrected chi connectivity index (χ3v) is 4.43. The van der Waals surface area contributed by atoms with Crippen molar-refractivity contribution in [3.63, 3.8) is 0 Å². The quantitative estimate of drug-likeness (QED) is 0.891. The molecule has 1 N–H and O–H groups in total. The highest BCUT2D eigenvalue weighted by Gasteiger charge is 2.20. The summed E-state index contributed by atoms with van der Waals surface area (Å²) in [7, 11) is 0. The van der Waals surface area contributed by atoms with E-state index in [1.54, 1.807) is 6.26 Å². The number of rotatable bonds is 6. The number of hydrogen-bond acceptors (Lipinski definition) is 4. The van der Waals surface area contributed by atoms with Gasteiger partial charge in [0.25, 0.3) is 0 Å². The molecule has 1 fully saturated rings. The molecule has 5 heteroatoms. The van der Waals surface area contributed by atoms with Crippen molar-refractivity contribution in [2.75, 3.05) is 19.6 Å². The minimum absolute atomic E-state index is 0.398. The zero-order chi connectivity index (χ0) is 15.4. The van der Waals surface area contributed by atoms with Gasteiger partial charge in [0.1, 0.15) is 5.76 Å². The van der Waals surface area contributed by atoms with E-state index in [1.807, 2.05) is 16.9 Å². The lowest BCUT2D eigenvalue weighted by Crippen LogP contribution is -2.43. The summed E-state index contributed by atoms with van der Waals surface area (Å²) in [5.41, 5.74) is 1.22. The minimum atomic E-state index is 0.398. The summed E-state index contributed by atoms with van der Waals surface area (Å²) < 4.78 is 7.48. The van der Waals surface area contributed by atoms with Gasteiger partial charge in [0.2, 0.25) is 0 Å². The molecule has 0 unspecified atom stereocenters. The van der Waals surface area contributed by atoms with Gasteiger partial charge in [-0.3, -0.25) is 9.58 Å². The van der Waals surface area contributed by atoms with Crippen LogP contribution in [0, 0.1) is 6.92 Å². The van der Waals surface area contributed by atoms with Gasteiger partial charge in [-0.05, 0) is 44.4 Å². The van der Waals surface area contributed by atoms with E-state index in [4.69, 9.17) is 4.42 Å². The van der Waals surface area contributed by atoms with E-state index in [2.05, 4.69) is 41.4 Å². The molecule has 0 amide bonds. The van der Waals surface area contributed by atoms with E-state index in [1.165, 1.54) is 18.4 Å². The highest BCUT2D eigenvalue weighted by Crippen LogP contribution is 2.15. The number of furan rings is 1. The van der Waals surface area contributed by atoms with E-state index >= 15 is 0 Å². The molecule has 1 atom stereocenters. The van der Waals surface area contributed by atoms with Crippen molar-refractivity contribution in [3.8, 4) is 0 Å². The Morgan fingerprint density at radius 2 is 2.23 bits per heavy atom. The number of aryl methyl sites for hydroxylation is 1. The molecule has 1 saturated heterocycles. The predicted octanol–water partition coefficient (Wildman–Crippen LogP) is 2.60. The standard InChI is InChI=1S/C17H26N4O/c1-14-10-19-21(12-14)15(2)11-18-16-5-7-20(8-6-16)13-17-4-3-9-22-17/h3-4,9-10,12,15-16,18H,5-8,11,13H2,1-2H3/t15-/m1/s1. The zero-order valence-corrected chi connectivity index (χ0v) is 13.5. The SMILES string of the molecule is Cc1cnn([C@H](C)CNC2CCN(Cc3ccco3)CC2)c1. The van der Waals surface area contributed by atoms with Gasteiger partial charge >= 0.3 is 0 Å². The van der Waals surface area contributed by atoms with Gasteiger partial charge in [0, 0.05) is 31.9 Å². The average Bonchev–Trinajstić information content (AvgIpc) is 3.18. The zero-order valence-electron chi connectivity index (χ0n) is 13.5. The first-order chi connectivity index (χ1) is 10.7. The lowest BCUT2D eigenvalue weighted by atomic mass is 10.0. The molecule has 2 aromatic heterocycles. The van der Waals surface area contributed by atoms with Crippen molar-refractivity contribution in [1.29, 1.82) is 0 Å². The van der Waals surface area contributed by atoms with Gasteiger partial charge in [-0.25, -0.2) is 0 Å². The summed E-state index contributed by atoms with van der Waals surface area (Å²) in [6.07, 6.45) is 8.18. The smallest absolute Gasteiger partial charge is 0.117 e. The van der Waals surface area contributed by atoms with Crippen LogP contribution in [0.3, 0.4) is 0 Å². The van der Waals surface area contributed by atoms with Crippen LogP contribution in [0.4, 0.5) is 0 Å². The Morgan fingerprint density at radius 1 is 1.41 bits per heavy atom. The third-order valence-electron chi connectivity index (χ3n) is 4.43.